The molecule has 18 N–H and O–H groups in total. The van der Waals surface area contributed by atoms with Crippen molar-refractivity contribution in [3.63, 3.8) is 0 Å². The first kappa shape index (κ1) is 109. The van der Waals surface area contributed by atoms with Gasteiger partial charge in [0.1, 0.15) is 48.8 Å². The van der Waals surface area contributed by atoms with E-state index in [0.29, 0.717) is 12.8 Å². The molecule has 1 radical (unpaired) electrons. The summed E-state index contributed by atoms with van der Waals surface area (Å²) in [7, 11) is 0. The Morgan fingerprint density at radius 2 is 0.487 bits per heavy atom. The van der Waals surface area contributed by atoms with Crippen molar-refractivity contribution in [2.24, 2.45) is 23.7 Å². The maximum atomic E-state index is 13.8. The molecule has 0 spiro atoms. The van der Waals surface area contributed by atoms with Gasteiger partial charge in [0, 0.05) is 140 Å². The number of carboxylic acids is 4. The van der Waals surface area contributed by atoms with Gasteiger partial charge in [-0.2, -0.15) is 0 Å². The SMILES string of the molecule is O=CN(CCC(C(=O)[O-])N1CCN(C(CCC(=O)NCC(COC(CO)CO)COC(CO)CO)C(=O)[O-])CCN(C(CCC(=O)NCC(COC(CO)CO)COC(CO)CO)C(=O)[O-])CCN(C(CCN(C=O)CC(COC(CO)CO)COC(CO)CO)C(=O)[O-])CC1)CC(COC(CO)CO)COC(CO)CO.[Gd+3]. The normalized spacial score (nSPS) is 15.3. The molecule has 0 aromatic rings. The molecule has 1 fully saturated rings. The second-order valence-corrected chi connectivity index (χ2v) is 27.0. The van der Waals surface area contributed by atoms with E-state index >= 15 is 0 Å². The molecule has 0 aliphatic carbocycles. The number of ether oxygens (including phenoxy) is 8. The number of nitrogens with zero attached hydrogens (tertiary/aromatic N) is 6. The Kier molecular flexibility index (Phi) is 64.4. The Hall–Kier alpha value is -4.04. The minimum absolute atomic E-state index is 0. The minimum Gasteiger partial charge on any atom is -0.548 e. The van der Waals surface area contributed by atoms with Crippen molar-refractivity contribution in [3.05, 3.63) is 0 Å². The van der Waals surface area contributed by atoms with Crippen LogP contribution in [-0.2, 0) is 76.3 Å². The molecular formula is C68H124GdN8O36-. The van der Waals surface area contributed by atoms with Crippen LogP contribution in [0.5, 0.6) is 0 Å². The Morgan fingerprint density at radius 3 is 0.655 bits per heavy atom. The number of amides is 4. The van der Waals surface area contributed by atoms with Crippen LogP contribution in [0.1, 0.15) is 38.5 Å². The first-order valence-electron chi connectivity index (χ1n) is 37.2. The molecule has 1 rings (SSSR count). The molecule has 1 saturated heterocycles. The monoisotopic (exact) mass is 1790 g/mol. The number of aliphatic carboxylic acids is 4. The molecule has 1 aliphatic heterocycles. The van der Waals surface area contributed by atoms with Crippen molar-refractivity contribution in [1.29, 1.82) is 0 Å². The van der Waals surface area contributed by atoms with Gasteiger partial charge in [0.2, 0.25) is 24.6 Å². The molecule has 0 aromatic heterocycles. The molecule has 4 atom stereocenters. The summed E-state index contributed by atoms with van der Waals surface area (Å²) in [6.45, 7) is -17.9. The van der Waals surface area contributed by atoms with E-state index in [1.807, 2.05) is 0 Å². The summed E-state index contributed by atoms with van der Waals surface area (Å²) in [5, 5.41) is 215. The van der Waals surface area contributed by atoms with Gasteiger partial charge in [0.25, 0.3) is 0 Å². The van der Waals surface area contributed by atoms with E-state index in [0.717, 1.165) is 9.80 Å². The van der Waals surface area contributed by atoms with Crippen molar-refractivity contribution in [2.45, 2.75) is 112 Å². The summed E-state index contributed by atoms with van der Waals surface area (Å²) < 4.78 is 44.6. The zero-order valence-corrected chi connectivity index (χ0v) is 66.1. The summed E-state index contributed by atoms with van der Waals surface area (Å²) in [5.41, 5.74) is 0. The molecule has 0 saturated carbocycles. The van der Waals surface area contributed by atoms with Gasteiger partial charge < -0.3 is 180 Å². The van der Waals surface area contributed by atoms with Gasteiger partial charge >= 0.3 is 39.9 Å². The molecule has 113 heavy (non-hydrogen) atoms. The summed E-state index contributed by atoms with van der Waals surface area (Å²) in [6, 6.07) is -7.10. The zero-order chi connectivity index (χ0) is 83.8. The van der Waals surface area contributed by atoms with E-state index in [9.17, 15) is 140 Å². The largest absolute Gasteiger partial charge is 3.00 e. The predicted octanol–water partition coefficient (Wildman–Crippen LogP) is -17.4. The minimum atomic E-state index is -1.79. The standard InChI is InChI=1S/C68H128N8O36.Gd/c77-21-51(22-78)105-37-47(38-106-52(23-79)24-80)17-69-63(95)3-1-59(65(97)98)73-9-10-74(60(66(99)100)2-4-64(96)70-18-48(39-107-53(25-81)26-82)40-108-54(27-83)28-84)12-14-76(62(68(103)104)6-8-72(46-94)20-50(43-111-57(33-89)34-90)44-112-58(35-91)36-92)16-15-75(13-11-73)61(67(101)102)5-7-71(45-93)19-49(41-109-55(29-85)30-86)42-110-56(31-87)32-88;/h45-62,77-92H,1-44H2,(H,69,95)(H,70,96)(H,97,98)(H,99,100)(H,101,102)(H,103,104);/q;+3/p-4. The molecule has 4 amide bonds. The predicted molar refractivity (Wildman–Crippen MR) is 376 cm³/mol. The average Bonchev–Trinajstić information content (AvgIpc) is 0.837. The van der Waals surface area contributed by atoms with Crippen LogP contribution >= 0.6 is 0 Å². The molecule has 1 aliphatic rings. The number of hydrogen-bond acceptors (Lipinski definition) is 40. The fourth-order valence-corrected chi connectivity index (χ4v) is 11.5. The average molecular weight is 1790 g/mol. The number of aliphatic hydroxyl groups excluding tert-OH is 16. The van der Waals surface area contributed by atoms with Gasteiger partial charge in [-0.05, 0) is 25.7 Å². The number of carbonyl (C=O) groups is 8. The first-order chi connectivity index (χ1) is 53.8. The number of aliphatic hydroxyl groups is 16. The smallest absolute Gasteiger partial charge is 0.548 e. The van der Waals surface area contributed by atoms with Gasteiger partial charge in [0.05, 0.1) is 195 Å². The van der Waals surface area contributed by atoms with Crippen LogP contribution in [0, 0.1) is 63.6 Å². The molecule has 661 valence electrons. The number of nitrogens with one attached hydrogen (secondary N) is 2. The molecule has 0 aromatic carbocycles. The van der Waals surface area contributed by atoms with Crippen molar-refractivity contribution >= 4 is 48.5 Å². The van der Waals surface area contributed by atoms with Crippen LogP contribution in [0.15, 0.2) is 0 Å². The first-order valence-corrected chi connectivity index (χ1v) is 37.2. The van der Waals surface area contributed by atoms with Gasteiger partial charge in [0.15, 0.2) is 0 Å². The summed E-state index contributed by atoms with van der Waals surface area (Å²) >= 11 is 0. The Bertz CT molecular complexity index is 2240. The topological polar surface area (TPSA) is 670 Å². The van der Waals surface area contributed by atoms with E-state index in [-0.39, 0.29) is 119 Å². The summed E-state index contributed by atoms with van der Waals surface area (Å²) in [4.78, 5) is 115. The van der Waals surface area contributed by atoms with Crippen LogP contribution in [0.4, 0.5) is 0 Å². The van der Waals surface area contributed by atoms with Crippen LogP contribution in [0.2, 0.25) is 0 Å². The van der Waals surface area contributed by atoms with Crippen LogP contribution in [0.3, 0.4) is 0 Å². The number of hydrogen-bond donors (Lipinski definition) is 18. The third kappa shape index (κ3) is 46.2. The summed E-state index contributed by atoms with van der Waals surface area (Å²) in [6.07, 6.45) is -11.2. The second-order valence-electron chi connectivity index (χ2n) is 27.0. The maximum Gasteiger partial charge on any atom is 3.00 e. The summed E-state index contributed by atoms with van der Waals surface area (Å²) in [5.74, 6) is -11.9. The van der Waals surface area contributed by atoms with Gasteiger partial charge in [-0.15, -0.1) is 0 Å². The van der Waals surface area contributed by atoms with E-state index in [4.69, 9.17) is 37.9 Å². The second kappa shape index (κ2) is 66.8. The van der Waals surface area contributed by atoms with Gasteiger partial charge in [-0.1, -0.05) is 0 Å². The molecule has 0 bridgehead atoms. The van der Waals surface area contributed by atoms with E-state index in [2.05, 4.69) is 10.6 Å². The van der Waals surface area contributed by atoms with Crippen LogP contribution in [0.25, 0.3) is 0 Å². The maximum absolute atomic E-state index is 13.8. The third-order valence-electron chi connectivity index (χ3n) is 18.5. The number of carbonyl (C=O) groups excluding carboxylic acids is 8. The van der Waals surface area contributed by atoms with Crippen molar-refractivity contribution in [2.75, 3.05) is 250 Å². The third-order valence-corrected chi connectivity index (χ3v) is 18.5. The van der Waals surface area contributed by atoms with Gasteiger partial charge in [-0.25, -0.2) is 0 Å². The molecule has 4 unspecified atom stereocenters. The molecule has 1 heterocycles. The quantitative estimate of drug-likeness (QED) is 0.0251. The molecule has 45 heteroatoms. The fourth-order valence-electron chi connectivity index (χ4n) is 11.5. The van der Waals surface area contributed by atoms with E-state index < -0.39 is 342 Å². The zero-order valence-electron chi connectivity index (χ0n) is 63.9. The van der Waals surface area contributed by atoms with Crippen LogP contribution in [-0.4, -0.2) is 483 Å². The van der Waals surface area contributed by atoms with Gasteiger partial charge in [-0.3, -0.25) is 38.8 Å². The Morgan fingerprint density at radius 1 is 0.310 bits per heavy atom. The van der Waals surface area contributed by atoms with Crippen LogP contribution < -0.4 is 31.1 Å². The van der Waals surface area contributed by atoms with E-state index in [1.165, 1.54) is 19.6 Å². The Labute approximate surface area is 688 Å². The Balaban J connectivity index is 0.000125. The van der Waals surface area contributed by atoms with Crippen molar-refractivity contribution in [1.82, 2.24) is 40.0 Å². The number of carboxylic acid groups (broad SMARTS) is 4. The fraction of sp³-hybridized carbons (Fsp3) is 0.882. The molecular weight excluding hydrogens is 1660 g/mol. The van der Waals surface area contributed by atoms with Crippen molar-refractivity contribution < 1.29 is 218 Å². The van der Waals surface area contributed by atoms with E-state index in [1.54, 1.807) is 0 Å². The molecule has 44 nitrogen and oxygen atoms in total. The number of rotatable bonds is 70. The van der Waals surface area contributed by atoms with Crippen molar-refractivity contribution in [3.8, 4) is 0 Å².